The molecule has 0 spiro atoms. The average molecular weight is 374 g/mol. The Labute approximate surface area is 163 Å². The van der Waals surface area contributed by atoms with Crippen LogP contribution in [0.25, 0.3) is 5.69 Å². The third-order valence-corrected chi connectivity index (χ3v) is 4.81. The highest BCUT2D eigenvalue weighted by molar-refractivity contribution is 5.97. The van der Waals surface area contributed by atoms with E-state index in [0.29, 0.717) is 24.9 Å². The summed E-state index contributed by atoms with van der Waals surface area (Å²) in [7, 11) is 0. The van der Waals surface area contributed by atoms with Gasteiger partial charge in [0.1, 0.15) is 0 Å². The summed E-state index contributed by atoms with van der Waals surface area (Å²) >= 11 is 0. The second-order valence-corrected chi connectivity index (χ2v) is 6.88. The summed E-state index contributed by atoms with van der Waals surface area (Å²) in [5.74, 6) is 0.0799. The first-order valence-corrected chi connectivity index (χ1v) is 9.48. The fourth-order valence-electron chi connectivity index (χ4n) is 3.37. The van der Waals surface area contributed by atoms with Gasteiger partial charge in [0, 0.05) is 37.0 Å². The molecule has 0 bridgehead atoms. The Morgan fingerprint density at radius 1 is 1.07 bits per heavy atom. The molecule has 0 saturated carbocycles. The first-order chi connectivity index (χ1) is 13.7. The maximum absolute atomic E-state index is 12.3. The number of aryl methyl sites for hydroxylation is 1. The van der Waals surface area contributed by atoms with E-state index >= 15 is 0 Å². The highest BCUT2D eigenvalue weighted by Gasteiger charge is 2.21. The number of nitrogens with zero attached hydrogens (tertiary/aromatic N) is 3. The minimum atomic E-state index is -0.0580. The molecule has 1 aliphatic heterocycles. The average Bonchev–Trinajstić information content (AvgIpc) is 3.36. The second-order valence-electron chi connectivity index (χ2n) is 6.88. The molecule has 1 aliphatic rings. The second kappa shape index (κ2) is 8.08. The molecular weight excluding hydrogens is 352 g/mol. The van der Waals surface area contributed by atoms with E-state index in [4.69, 9.17) is 0 Å². The molecule has 0 atom stereocenters. The Morgan fingerprint density at radius 3 is 2.68 bits per heavy atom. The van der Waals surface area contributed by atoms with Crippen molar-refractivity contribution >= 4 is 23.2 Å². The lowest BCUT2D eigenvalue weighted by atomic mass is 10.2. The van der Waals surface area contributed by atoms with Crippen LogP contribution in [0.5, 0.6) is 0 Å². The number of amides is 2. The smallest absolute Gasteiger partial charge is 0.227 e. The van der Waals surface area contributed by atoms with E-state index < -0.39 is 0 Å². The molecule has 1 fully saturated rings. The number of aromatic nitrogens is 2. The van der Waals surface area contributed by atoms with Crippen molar-refractivity contribution < 1.29 is 9.59 Å². The van der Waals surface area contributed by atoms with Crippen molar-refractivity contribution in [3.63, 3.8) is 0 Å². The zero-order chi connectivity index (χ0) is 19.3. The number of hydrogen-bond donors (Lipinski definition) is 1. The molecule has 6 heteroatoms. The zero-order valence-corrected chi connectivity index (χ0v) is 15.5. The quantitative estimate of drug-likeness (QED) is 0.717. The summed E-state index contributed by atoms with van der Waals surface area (Å²) < 4.78 is 1.81. The molecule has 2 heterocycles. The van der Waals surface area contributed by atoms with E-state index in [9.17, 15) is 9.59 Å². The van der Waals surface area contributed by atoms with Crippen LogP contribution in [0, 0.1) is 0 Å². The van der Waals surface area contributed by atoms with Gasteiger partial charge in [0.15, 0.2) is 0 Å². The highest BCUT2D eigenvalue weighted by Crippen LogP contribution is 2.24. The van der Waals surface area contributed by atoms with E-state index in [2.05, 4.69) is 10.4 Å². The van der Waals surface area contributed by atoms with E-state index in [0.717, 1.165) is 29.9 Å². The summed E-state index contributed by atoms with van der Waals surface area (Å²) in [6, 6.07) is 17.3. The van der Waals surface area contributed by atoms with Gasteiger partial charge in [-0.3, -0.25) is 9.59 Å². The molecule has 4 rings (SSSR count). The van der Waals surface area contributed by atoms with Gasteiger partial charge in [0.25, 0.3) is 0 Å². The van der Waals surface area contributed by atoms with Gasteiger partial charge in [-0.05, 0) is 48.7 Å². The van der Waals surface area contributed by atoms with Crippen LogP contribution in [-0.2, 0) is 16.0 Å². The Balaban J connectivity index is 1.34. The molecule has 2 amide bonds. The molecule has 3 aromatic rings. The van der Waals surface area contributed by atoms with Crippen molar-refractivity contribution in [2.45, 2.75) is 25.7 Å². The van der Waals surface area contributed by atoms with Crippen molar-refractivity contribution in [1.82, 2.24) is 9.78 Å². The summed E-state index contributed by atoms with van der Waals surface area (Å²) in [4.78, 5) is 26.0. The van der Waals surface area contributed by atoms with Gasteiger partial charge >= 0.3 is 0 Å². The molecule has 0 radical (unpaired) electrons. The molecular formula is C22H22N4O2. The van der Waals surface area contributed by atoms with Crippen LogP contribution in [0.2, 0.25) is 0 Å². The minimum Gasteiger partial charge on any atom is -0.326 e. The monoisotopic (exact) mass is 374 g/mol. The van der Waals surface area contributed by atoms with Crippen molar-refractivity contribution in [3.05, 3.63) is 72.6 Å². The zero-order valence-electron chi connectivity index (χ0n) is 15.5. The number of hydrogen-bond acceptors (Lipinski definition) is 3. The number of carbonyl (C=O) groups is 2. The maximum Gasteiger partial charge on any atom is 0.227 e. The highest BCUT2D eigenvalue weighted by atomic mass is 16.2. The fourth-order valence-corrected chi connectivity index (χ4v) is 3.37. The van der Waals surface area contributed by atoms with Crippen LogP contribution in [0.15, 0.2) is 67.0 Å². The van der Waals surface area contributed by atoms with Crippen LogP contribution in [0.4, 0.5) is 11.4 Å². The van der Waals surface area contributed by atoms with Crippen LogP contribution in [0.3, 0.4) is 0 Å². The van der Waals surface area contributed by atoms with Gasteiger partial charge in [-0.2, -0.15) is 5.10 Å². The molecule has 1 N–H and O–H groups in total. The standard InChI is InChI=1S/C22H22N4O2/c27-21(12-11-17-15-23-26(16-17)19-7-2-1-3-8-19)24-18-6-4-9-20(14-18)25-13-5-10-22(25)28/h1-4,6-9,14-16H,5,10-13H2,(H,24,27). The van der Waals surface area contributed by atoms with Crippen molar-refractivity contribution in [2.75, 3.05) is 16.8 Å². The Bertz CT molecular complexity index is 981. The Kier molecular flexibility index (Phi) is 5.19. The van der Waals surface area contributed by atoms with E-state index in [1.54, 1.807) is 11.1 Å². The lowest BCUT2D eigenvalue weighted by Crippen LogP contribution is -2.23. The third-order valence-electron chi connectivity index (χ3n) is 4.81. The van der Waals surface area contributed by atoms with Crippen LogP contribution in [-0.4, -0.2) is 28.1 Å². The first kappa shape index (κ1) is 18.0. The number of carbonyl (C=O) groups excluding carboxylic acids is 2. The number of benzene rings is 2. The predicted octanol–water partition coefficient (Wildman–Crippen LogP) is 3.57. The lowest BCUT2D eigenvalue weighted by Gasteiger charge is -2.16. The molecule has 142 valence electrons. The topological polar surface area (TPSA) is 67.2 Å². The summed E-state index contributed by atoms with van der Waals surface area (Å²) in [5.41, 5.74) is 3.55. The van der Waals surface area contributed by atoms with Crippen molar-refractivity contribution in [2.24, 2.45) is 0 Å². The predicted molar refractivity (Wildman–Crippen MR) is 109 cm³/mol. The normalized spacial score (nSPS) is 13.7. The molecule has 28 heavy (non-hydrogen) atoms. The maximum atomic E-state index is 12.3. The minimum absolute atomic E-state index is 0.0580. The molecule has 6 nitrogen and oxygen atoms in total. The number of rotatable bonds is 6. The Hall–Kier alpha value is -3.41. The van der Waals surface area contributed by atoms with E-state index in [-0.39, 0.29) is 11.8 Å². The van der Waals surface area contributed by atoms with Gasteiger partial charge in [0.2, 0.25) is 11.8 Å². The molecule has 2 aromatic carbocycles. The third kappa shape index (κ3) is 4.11. The van der Waals surface area contributed by atoms with Gasteiger partial charge in [-0.25, -0.2) is 4.68 Å². The van der Waals surface area contributed by atoms with Gasteiger partial charge in [0.05, 0.1) is 11.9 Å². The van der Waals surface area contributed by atoms with Gasteiger partial charge in [-0.15, -0.1) is 0 Å². The fraction of sp³-hybridized carbons (Fsp3) is 0.227. The van der Waals surface area contributed by atoms with Crippen LogP contribution < -0.4 is 10.2 Å². The van der Waals surface area contributed by atoms with E-state index in [1.807, 2.05) is 65.5 Å². The molecule has 0 aliphatic carbocycles. The number of para-hydroxylation sites is 1. The number of nitrogens with one attached hydrogen (secondary N) is 1. The van der Waals surface area contributed by atoms with E-state index in [1.165, 1.54) is 0 Å². The van der Waals surface area contributed by atoms with Crippen LogP contribution >= 0.6 is 0 Å². The van der Waals surface area contributed by atoms with Gasteiger partial charge < -0.3 is 10.2 Å². The Morgan fingerprint density at radius 2 is 1.89 bits per heavy atom. The van der Waals surface area contributed by atoms with Crippen LogP contribution in [0.1, 0.15) is 24.8 Å². The number of anilines is 2. The molecule has 0 unspecified atom stereocenters. The molecule has 1 saturated heterocycles. The lowest BCUT2D eigenvalue weighted by molar-refractivity contribution is -0.117. The SMILES string of the molecule is O=C(CCc1cnn(-c2ccccc2)c1)Nc1cccc(N2CCCC2=O)c1. The van der Waals surface area contributed by atoms with Crippen molar-refractivity contribution in [1.29, 1.82) is 0 Å². The first-order valence-electron chi connectivity index (χ1n) is 9.48. The van der Waals surface area contributed by atoms with Crippen molar-refractivity contribution in [3.8, 4) is 5.69 Å². The summed E-state index contributed by atoms with van der Waals surface area (Å²) in [6.45, 7) is 0.738. The van der Waals surface area contributed by atoms with Gasteiger partial charge in [-0.1, -0.05) is 24.3 Å². The molecule has 1 aromatic heterocycles. The summed E-state index contributed by atoms with van der Waals surface area (Å²) in [5, 5.41) is 7.28. The largest absolute Gasteiger partial charge is 0.326 e. The summed E-state index contributed by atoms with van der Waals surface area (Å²) in [6.07, 6.45) is 6.19.